The van der Waals surface area contributed by atoms with Gasteiger partial charge in [-0.15, -0.1) is 0 Å². The zero-order chi connectivity index (χ0) is 23.8. The van der Waals surface area contributed by atoms with Crippen LogP contribution in [0.25, 0.3) is 16.7 Å². The monoisotopic (exact) mass is 494 g/mol. The third-order valence-corrected chi connectivity index (χ3v) is 6.64. The molecule has 1 atom stereocenters. The second-order valence-corrected chi connectivity index (χ2v) is 9.25. The second-order valence-electron chi connectivity index (χ2n) is 7.82. The molecule has 0 saturated heterocycles. The molecule has 3 heterocycles. The van der Waals surface area contributed by atoms with Gasteiger partial charge in [0.2, 0.25) is 11.8 Å². The highest BCUT2D eigenvalue weighted by Crippen LogP contribution is 2.33. The number of carbonyl (C=O) groups is 2. The summed E-state index contributed by atoms with van der Waals surface area (Å²) in [6.45, 7) is 1.42. The summed E-state index contributed by atoms with van der Waals surface area (Å²) in [5, 5.41) is 11.3. The topological polar surface area (TPSA) is 111 Å². The Labute approximate surface area is 203 Å². The summed E-state index contributed by atoms with van der Waals surface area (Å²) in [6, 6.07) is 13.7. The third kappa shape index (κ3) is 4.29. The molecule has 34 heavy (non-hydrogen) atoms. The fraction of sp³-hybridized carbons (Fsp3) is 0.174. The van der Waals surface area contributed by atoms with E-state index >= 15 is 0 Å². The van der Waals surface area contributed by atoms with Crippen LogP contribution in [-0.4, -0.2) is 36.9 Å². The van der Waals surface area contributed by atoms with Gasteiger partial charge in [0.1, 0.15) is 5.39 Å². The van der Waals surface area contributed by atoms with Gasteiger partial charge in [-0.2, -0.15) is 5.10 Å². The predicted molar refractivity (Wildman–Crippen MR) is 132 cm³/mol. The van der Waals surface area contributed by atoms with Crippen LogP contribution in [0.1, 0.15) is 19.4 Å². The number of hydrogen-bond donors (Lipinski definition) is 2. The van der Waals surface area contributed by atoms with Gasteiger partial charge in [-0.05, 0) is 36.4 Å². The zero-order valence-electron chi connectivity index (χ0n) is 18.0. The highest BCUT2D eigenvalue weighted by atomic mass is 35.5. The van der Waals surface area contributed by atoms with Crippen LogP contribution in [0.2, 0.25) is 5.02 Å². The first kappa shape index (κ1) is 22.2. The van der Waals surface area contributed by atoms with Crippen molar-refractivity contribution in [1.82, 2.24) is 19.3 Å². The Bertz CT molecular complexity index is 1500. The van der Waals surface area contributed by atoms with Crippen molar-refractivity contribution in [2.24, 2.45) is 0 Å². The summed E-state index contributed by atoms with van der Waals surface area (Å²) >= 11 is 7.54. The van der Waals surface area contributed by atoms with E-state index in [1.165, 1.54) is 24.9 Å². The predicted octanol–water partition coefficient (Wildman–Crippen LogP) is 3.87. The summed E-state index contributed by atoms with van der Waals surface area (Å²) in [7, 11) is 0. The van der Waals surface area contributed by atoms with Crippen LogP contribution in [0, 0.1) is 0 Å². The number of fused-ring (bicyclic) bond motifs is 2. The first-order chi connectivity index (χ1) is 16.4. The van der Waals surface area contributed by atoms with Crippen molar-refractivity contribution >= 4 is 57.6 Å². The van der Waals surface area contributed by atoms with Gasteiger partial charge in [-0.1, -0.05) is 35.5 Å². The lowest BCUT2D eigenvalue weighted by Gasteiger charge is -2.14. The molecule has 0 aliphatic carbocycles. The van der Waals surface area contributed by atoms with Crippen LogP contribution in [0.15, 0.2) is 64.7 Å². The lowest BCUT2D eigenvalue weighted by Crippen LogP contribution is -2.27. The minimum Gasteiger partial charge on any atom is -0.326 e. The Kier molecular flexibility index (Phi) is 5.84. The Morgan fingerprint density at radius 1 is 1.15 bits per heavy atom. The van der Waals surface area contributed by atoms with Crippen molar-refractivity contribution in [2.45, 2.75) is 24.5 Å². The number of rotatable bonds is 5. The maximum Gasteiger partial charge on any atom is 0.265 e. The van der Waals surface area contributed by atoms with Gasteiger partial charge >= 0.3 is 0 Å². The van der Waals surface area contributed by atoms with Crippen molar-refractivity contribution in [2.75, 3.05) is 16.4 Å². The van der Waals surface area contributed by atoms with Gasteiger partial charge in [0.15, 0.2) is 10.8 Å². The van der Waals surface area contributed by atoms with Crippen LogP contribution in [0.3, 0.4) is 0 Å². The highest BCUT2D eigenvalue weighted by molar-refractivity contribution is 7.99. The molecule has 4 aromatic rings. The van der Waals surface area contributed by atoms with E-state index in [1.54, 1.807) is 51.7 Å². The molecule has 0 saturated carbocycles. The van der Waals surface area contributed by atoms with Gasteiger partial charge < -0.3 is 10.6 Å². The largest absolute Gasteiger partial charge is 0.326 e. The number of halogens is 1. The molecule has 1 unspecified atom stereocenters. The summed E-state index contributed by atoms with van der Waals surface area (Å²) in [6.07, 6.45) is 1.60. The molecule has 11 heteroatoms. The van der Waals surface area contributed by atoms with Crippen LogP contribution < -0.4 is 16.2 Å². The summed E-state index contributed by atoms with van der Waals surface area (Å²) in [4.78, 5) is 42.0. The average molecular weight is 495 g/mol. The number of carbonyl (C=O) groups excluding carboxylic acids is 2. The zero-order valence-corrected chi connectivity index (χ0v) is 19.6. The van der Waals surface area contributed by atoms with E-state index in [0.717, 1.165) is 0 Å². The molecule has 2 amide bonds. The first-order valence-electron chi connectivity index (χ1n) is 10.5. The minimum absolute atomic E-state index is 0.111. The van der Waals surface area contributed by atoms with Crippen LogP contribution in [0.4, 0.5) is 11.4 Å². The molecule has 172 valence electrons. The molecule has 9 nitrogen and oxygen atoms in total. The van der Waals surface area contributed by atoms with E-state index in [2.05, 4.69) is 20.7 Å². The second kappa shape index (κ2) is 8.96. The molecule has 1 aliphatic heterocycles. The van der Waals surface area contributed by atoms with Gasteiger partial charge in [0.25, 0.3) is 5.56 Å². The molecule has 2 aromatic carbocycles. The molecule has 5 rings (SSSR count). The Hall–Kier alpha value is -3.63. The molecule has 0 bridgehead atoms. The van der Waals surface area contributed by atoms with Gasteiger partial charge in [-0.3, -0.25) is 19.0 Å². The van der Waals surface area contributed by atoms with E-state index in [-0.39, 0.29) is 29.8 Å². The molecular formula is C23H19ClN6O3S. The highest BCUT2D eigenvalue weighted by Gasteiger charge is 2.29. The quantitative estimate of drug-likeness (QED) is 0.407. The Morgan fingerprint density at radius 3 is 2.68 bits per heavy atom. The number of thioether (sulfide) groups is 1. The number of amides is 2. The van der Waals surface area contributed by atoms with Crippen molar-refractivity contribution in [1.29, 1.82) is 0 Å². The van der Waals surface area contributed by atoms with Crippen molar-refractivity contribution in [3.8, 4) is 5.69 Å². The molecule has 2 aromatic heterocycles. The maximum atomic E-state index is 13.3. The normalized spacial score (nSPS) is 14.7. The van der Waals surface area contributed by atoms with Gasteiger partial charge in [0, 0.05) is 35.5 Å². The van der Waals surface area contributed by atoms with Gasteiger partial charge in [0.05, 0.1) is 17.9 Å². The smallest absolute Gasteiger partial charge is 0.265 e. The van der Waals surface area contributed by atoms with Crippen LogP contribution in [0.5, 0.6) is 0 Å². The Balaban J connectivity index is 1.39. The van der Waals surface area contributed by atoms with Crippen molar-refractivity contribution in [3.05, 3.63) is 70.1 Å². The molecule has 0 fully saturated rings. The lowest BCUT2D eigenvalue weighted by atomic mass is 10.2. The maximum absolute atomic E-state index is 13.3. The summed E-state index contributed by atoms with van der Waals surface area (Å²) in [5.41, 5.74) is 2.08. The number of anilines is 2. The third-order valence-electron chi connectivity index (χ3n) is 5.31. The number of aromatic nitrogens is 4. The van der Waals surface area contributed by atoms with E-state index < -0.39 is 0 Å². The SMILES string of the molecule is CC(=O)Nc1cccc(NC(=O)CC2CSc3nc4c(cnn4-c4cccc(Cl)c4)c(=O)n32)c1. The summed E-state index contributed by atoms with van der Waals surface area (Å²) < 4.78 is 3.16. The molecule has 1 aliphatic rings. The average Bonchev–Trinajstić information content (AvgIpc) is 3.38. The number of nitrogens with zero attached hydrogens (tertiary/aromatic N) is 4. The lowest BCUT2D eigenvalue weighted by molar-refractivity contribution is -0.117. The van der Waals surface area contributed by atoms with Crippen LogP contribution >= 0.6 is 23.4 Å². The number of nitrogens with one attached hydrogen (secondary N) is 2. The fourth-order valence-corrected chi connectivity index (χ4v) is 5.20. The summed E-state index contributed by atoms with van der Waals surface area (Å²) in [5.74, 6) is 0.124. The standard InChI is InChI=1S/C23H19ClN6O3S/c1-13(31)26-15-5-3-6-16(9-15)27-20(32)10-18-12-34-23-28-21-19(22(33)29(18)23)11-25-30(21)17-7-2-4-14(24)8-17/h2-9,11,18H,10,12H2,1H3,(H,26,31)(H,27,32). The molecular weight excluding hydrogens is 476 g/mol. The van der Waals surface area contributed by atoms with Crippen LogP contribution in [-0.2, 0) is 9.59 Å². The van der Waals surface area contributed by atoms with E-state index in [4.69, 9.17) is 11.6 Å². The van der Waals surface area contributed by atoms with E-state index in [1.807, 2.05) is 6.07 Å². The van der Waals surface area contributed by atoms with Gasteiger partial charge in [-0.25, -0.2) is 9.67 Å². The Morgan fingerprint density at radius 2 is 1.91 bits per heavy atom. The number of benzene rings is 2. The fourth-order valence-electron chi connectivity index (χ4n) is 3.88. The number of hydrogen-bond acceptors (Lipinski definition) is 6. The van der Waals surface area contributed by atoms with Crippen molar-refractivity contribution < 1.29 is 9.59 Å². The van der Waals surface area contributed by atoms with Crippen molar-refractivity contribution in [3.63, 3.8) is 0 Å². The molecule has 2 N–H and O–H groups in total. The molecule has 0 spiro atoms. The minimum atomic E-state index is -0.336. The molecule has 0 radical (unpaired) electrons. The first-order valence-corrected chi connectivity index (χ1v) is 11.8. The van der Waals surface area contributed by atoms with E-state index in [9.17, 15) is 14.4 Å². The van der Waals surface area contributed by atoms with E-state index in [0.29, 0.717) is 44.0 Å².